The fourth-order valence-electron chi connectivity index (χ4n) is 2.50. The Kier molecular flexibility index (Phi) is 5.84. The van der Waals surface area contributed by atoms with E-state index in [-0.39, 0.29) is 24.0 Å². The highest BCUT2D eigenvalue weighted by atomic mass is 16.5. The van der Waals surface area contributed by atoms with Crippen molar-refractivity contribution in [3.05, 3.63) is 24.3 Å². The van der Waals surface area contributed by atoms with Crippen LogP contribution in [0.25, 0.3) is 0 Å². The zero-order valence-corrected chi connectivity index (χ0v) is 14.0. The van der Waals surface area contributed by atoms with Crippen molar-refractivity contribution in [3.63, 3.8) is 0 Å². The molecule has 0 spiro atoms. The first-order valence-electron chi connectivity index (χ1n) is 8.13. The topological polar surface area (TPSA) is 70.7 Å². The van der Waals surface area contributed by atoms with Gasteiger partial charge in [-0.15, -0.1) is 0 Å². The second kappa shape index (κ2) is 7.85. The molecule has 1 aromatic rings. The van der Waals surface area contributed by atoms with Gasteiger partial charge < -0.3 is 20.3 Å². The molecule has 6 heteroatoms. The van der Waals surface area contributed by atoms with Crippen LogP contribution < -0.4 is 20.3 Å². The summed E-state index contributed by atoms with van der Waals surface area (Å²) in [6.07, 6.45) is 1.19. The van der Waals surface area contributed by atoms with E-state index in [4.69, 9.17) is 4.74 Å². The summed E-state index contributed by atoms with van der Waals surface area (Å²) in [5.74, 6) is 0.800. The molecule has 2 atom stereocenters. The molecule has 2 rings (SSSR count). The highest BCUT2D eigenvalue weighted by Crippen LogP contribution is 2.24. The van der Waals surface area contributed by atoms with E-state index < -0.39 is 0 Å². The fraction of sp³-hybridized carbons (Fsp3) is 0.529. The summed E-state index contributed by atoms with van der Waals surface area (Å²) in [4.78, 5) is 25.7. The zero-order chi connectivity index (χ0) is 16.8. The van der Waals surface area contributed by atoms with Gasteiger partial charge in [-0.3, -0.25) is 4.79 Å². The Bertz CT molecular complexity index is 545. The largest absolute Gasteiger partial charge is 0.494 e. The third kappa shape index (κ3) is 4.61. The number of hydrogen-bond acceptors (Lipinski definition) is 3. The molecule has 1 aromatic carbocycles. The van der Waals surface area contributed by atoms with Crippen LogP contribution >= 0.6 is 0 Å². The molecule has 6 nitrogen and oxygen atoms in total. The van der Waals surface area contributed by atoms with Crippen LogP contribution in [-0.2, 0) is 4.79 Å². The molecule has 0 saturated carbocycles. The second-order valence-corrected chi connectivity index (χ2v) is 5.76. The molecular formula is C17H25N3O3. The SMILES string of the molecule is CCOc1ccc(N2C[C@H](NC(=O)N[C@@H](C)CC)CC2=O)cc1. The minimum atomic E-state index is -0.217. The van der Waals surface area contributed by atoms with E-state index in [0.29, 0.717) is 19.6 Å². The fourth-order valence-corrected chi connectivity index (χ4v) is 2.50. The summed E-state index contributed by atoms with van der Waals surface area (Å²) < 4.78 is 5.40. The summed E-state index contributed by atoms with van der Waals surface area (Å²) in [6, 6.07) is 7.16. The van der Waals surface area contributed by atoms with Crippen molar-refractivity contribution >= 4 is 17.6 Å². The Morgan fingerprint density at radius 2 is 2.04 bits per heavy atom. The van der Waals surface area contributed by atoms with E-state index in [1.54, 1.807) is 4.90 Å². The van der Waals surface area contributed by atoms with Gasteiger partial charge in [0.25, 0.3) is 0 Å². The van der Waals surface area contributed by atoms with Crippen molar-refractivity contribution in [2.45, 2.75) is 45.7 Å². The first kappa shape index (κ1) is 17.1. The Morgan fingerprint density at radius 1 is 1.35 bits per heavy atom. The van der Waals surface area contributed by atoms with Crippen molar-refractivity contribution in [2.24, 2.45) is 0 Å². The van der Waals surface area contributed by atoms with Gasteiger partial charge in [0, 0.05) is 24.7 Å². The second-order valence-electron chi connectivity index (χ2n) is 5.76. The van der Waals surface area contributed by atoms with Crippen LogP contribution in [-0.4, -0.2) is 37.2 Å². The van der Waals surface area contributed by atoms with Crippen molar-refractivity contribution in [2.75, 3.05) is 18.1 Å². The lowest BCUT2D eigenvalue weighted by atomic mass is 10.2. The van der Waals surface area contributed by atoms with Gasteiger partial charge >= 0.3 is 6.03 Å². The minimum absolute atomic E-state index is 0.0167. The maximum absolute atomic E-state index is 12.2. The van der Waals surface area contributed by atoms with Gasteiger partial charge in [-0.25, -0.2) is 4.79 Å². The van der Waals surface area contributed by atoms with Crippen LogP contribution in [0.4, 0.5) is 10.5 Å². The molecule has 126 valence electrons. The number of amides is 3. The van der Waals surface area contributed by atoms with Gasteiger partial charge in [0.15, 0.2) is 0 Å². The maximum atomic E-state index is 12.2. The first-order chi connectivity index (χ1) is 11.0. The van der Waals surface area contributed by atoms with Gasteiger partial charge in [0.2, 0.25) is 5.91 Å². The molecule has 0 bridgehead atoms. The predicted octanol–water partition coefficient (Wildman–Crippen LogP) is 2.29. The average Bonchev–Trinajstić information content (AvgIpc) is 2.88. The van der Waals surface area contributed by atoms with Gasteiger partial charge in [0.05, 0.1) is 12.6 Å². The van der Waals surface area contributed by atoms with Crippen LogP contribution in [0.2, 0.25) is 0 Å². The molecule has 1 heterocycles. The Balaban J connectivity index is 1.93. The molecule has 1 aliphatic rings. The normalized spacial score (nSPS) is 18.7. The van der Waals surface area contributed by atoms with Crippen LogP contribution in [0.5, 0.6) is 5.75 Å². The van der Waals surface area contributed by atoms with Crippen molar-refractivity contribution in [3.8, 4) is 5.75 Å². The number of ether oxygens (including phenoxy) is 1. The number of carbonyl (C=O) groups is 2. The number of hydrogen-bond donors (Lipinski definition) is 2. The molecule has 0 radical (unpaired) electrons. The molecule has 1 aliphatic heterocycles. The van der Waals surface area contributed by atoms with Crippen molar-refractivity contribution in [1.29, 1.82) is 0 Å². The van der Waals surface area contributed by atoms with E-state index >= 15 is 0 Å². The van der Waals surface area contributed by atoms with Crippen LogP contribution in [0.15, 0.2) is 24.3 Å². The summed E-state index contributed by atoms with van der Waals surface area (Å²) >= 11 is 0. The summed E-state index contributed by atoms with van der Waals surface area (Å²) in [7, 11) is 0. The van der Waals surface area contributed by atoms with Gasteiger partial charge in [0.1, 0.15) is 5.75 Å². The molecular weight excluding hydrogens is 294 g/mol. The third-order valence-corrected chi connectivity index (χ3v) is 3.91. The van der Waals surface area contributed by atoms with E-state index in [2.05, 4.69) is 10.6 Å². The summed E-state index contributed by atoms with van der Waals surface area (Å²) in [6.45, 7) is 6.99. The first-order valence-corrected chi connectivity index (χ1v) is 8.13. The highest BCUT2D eigenvalue weighted by molar-refractivity contribution is 5.96. The van der Waals surface area contributed by atoms with Crippen LogP contribution in [0.1, 0.15) is 33.6 Å². The van der Waals surface area contributed by atoms with Crippen LogP contribution in [0.3, 0.4) is 0 Å². The number of urea groups is 1. The van der Waals surface area contributed by atoms with Crippen molar-refractivity contribution in [1.82, 2.24) is 10.6 Å². The molecule has 23 heavy (non-hydrogen) atoms. The smallest absolute Gasteiger partial charge is 0.315 e. The number of benzene rings is 1. The molecule has 3 amide bonds. The van der Waals surface area contributed by atoms with Crippen LogP contribution in [0, 0.1) is 0 Å². The van der Waals surface area contributed by atoms with Gasteiger partial charge in [-0.1, -0.05) is 6.92 Å². The minimum Gasteiger partial charge on any atom is -0.494 e. The molecule has 1 saturated heterocycles. The number of rotatable bonds is 6. The quantitative estimate of drug-likeness (QED) is 0.845. The molecule has 0 unspecified atom stereocenters. The standard InChI is InChI=1S/C17H25N3O3/c1-4-12(3)18-17(22)19-13-10-16(21)20(11-13)14-6-8-15(9-7-14)23-5-2/h6-9,12-13H,4-5,10-11H2,1-3H3,(H2,18,19,22)/t12-,13+/m0/s1. The number of anilines is 1. The number of nitrogens with zero attached hydrogens (tertiary/aromatic N) is 1. The van der Waals surface area contributed by atoms with E-state index in [0.717, 1.165) is 17.9 Å². The lowest BCUT2D eigenvalue weighted by molar-refractivity contribution is -0.117. The summed E-state index contributed by atoms with van der Waals surface area (Å²) in [5.41, 5.74) is 0.824. The Labute approximate surface area is 137 Å². The Hall–Kier alpha value is -2.24. The van der Waals surface area contributed by atoms with E-state index in [1.807, 2.05) is 45.0 Å². The molecule has 1 fully saturated rings. The lowest BCUT2D eigenvalue weighted by Gasteiger charge is -2.19. The molecule has 0 aliphatic carbocycles. The average molecular weight is 319 g/mol. The summed E-state index contributed by atoms with van der Waals surface area (Å²) in [5, 5.41) is 5.72. The monoisotopic (exact) mass is 319 g/mol. The molecule has 2 N–H and O–H groups in total. The Morgan fingerprint density at radius 3 is 2.65 bits per heavy atom. The maximum Gasteiger partial charge on any atom is 0.315 e. The predicted molar refractivity (Wildman–Crippen MR) is 89.8 cm³/mol. The molecule has 0 aromatic heterocycles. The highest BCUT2D eigenvalue weighted by Gasteiger charge is 2.31. The van der Waals surface area contributed by atoms with Gasteiger partial charge in [-0.05, 0) is 44.5 Å². The number of carbonyl (C=O) groups excluding carboxylic acids is 2. The van der Waals surface area contributed by atoms with E-state index in [1.165, 1.54) is 0 Å². The zero-order valence-electron chi connectivity index (χ0n) is 14.0. The lowest BCUT2D eigenvalue weighted by Crippen LogP contribution is -2.46. The van der Waals surface area contributed by atoms with Crippen molar-refractivity contribution < 1.29 is 14.3 Å². The number of nitrogens with one attached hydrogen (secondary N) is 2. The third-order valence-electron chi connectivity index (χ3n) is 3.91. The van der Waals surface area contributed by atoms with Gasteiger partial charge in [-0.2, -0.15) is 0 Å². The van der Waals surface area contributed by atoms with E-state index in [9.17, 15) is 9.59 Å².